The highest BCUT2D eigenvalue weighted by molar-refractivity contribution is 5.77. The van der Waals surface area contributed by atoms with Crippen LogP contribution in [0, 0.1) is 0 Å². The van der Waals surface area contributed by atoms with Crippen molar-refractivity contribution >= 4 is 5.91 Å². The Balaban J connectivity index is 2.05. The molecule has 2 aromatic rings. The van der Waals surface area contributed by atoms with Gasteiger partial charge in [0.15, 0.2) is 11.5 Å². The van der Waals surface area contributed by atoms with Gasteiger partial charge in [-0.3, -0.25) is 9.63 Å². The van der Waals surface area contributed by atoms with Crippen molar-refractivity contribution in [2.75, 3.05) is 21.3 Å². The van der Waals surface area contributed by atoms with Crippen LogP contribution in [-0.2, 0) is 22.7 Å². The Morgan fingerprint density at radius 3 is 2.39 bits per heavy atom. The summed E-state index contributed by atoms with van der Waals surface area (Å²) in [5.74, 6) is 1.12. The minimum atomic E-state index is -0.132. The average molecular weight is 315 g/mol. The summed E-state index contributed by atoms with van der Waals surface area (Å²) in [6.07, 6.45) is 0.236. The predicted molar refractivity (Wildman–Crippen MR) is 87.3 cm³/mol. The first-order chi connectivity index (χ1) is 11.1. The van der Waals surface area contributed by atoms with Crippen LogP contribution in [0.15, 0.2) is 48.5 Å². The van der Waals surface area contributed by atoms with Gasteiger partial charge in [-0.05, 0) is 23.3 Å². The molecule has 0 saturated heterocycles. The first-order valence-electron chi connectivity index (χ1n) is 7.28. The van der Waals surface area contributed by atoms with Crippen LogP contribution in [0.2, 0.25) is 0 Å². The molecule has 1 amide bonds. The van der Waals surface area contributed by atoms with Crippen LogP contribution in [0.3, 0.4) is 0 Å². The fourth-order valence-corrected chi connectivity index (χ4v) is 2.06. The highest BCUT2D eigenvalue weighted by Crippen LogP contribution is 2.29. The summed E-state index contributed by atoms with van der Waals surface area (Å²) >= 11 is 0. The lowest BCUT2D eigenvalue weighted by Crippen LogP contribution is -2.26. The maximum absolute atomic E-state index is 11.9. The molecule has 0 atom stereocenters. The van der Waals surface area contributed by atoms with Crippen LogP contribution >= 0.6 is 0 Å². The van der Waals surface area contributed by atoms with Crippen LogP contribution in [0.25, 0.3) is 0 Å². The number of carbonyl (C=O) groups is 1. The van der Waals surface area contributed by atoms with Crippen molar-refractivity contribution in [2.24, 2.45) is 0 Å². The molecule has 5 nitrogen and oxygen atoms in total. The van der Waals surface area contributed by atoms with Gasteiger partial charge in [0.05, 0.1) is 20.6 Å². The molecule has 0 spiro atoms. The van der Waals surface area contributed by atoms with Crippen molar-refractivity contribution in [1.82, 2.24) is 5.06 Å². The number of nitrogens with zero attached hydrogens (tertiary/aromatic N) is 1. The van der Waals surface area contributed by atoms with Gasteiger partial charge < -0.3 is 9.47 Å². The van der Waals surface area contributed by atoms with Gasteiger partial charge in [-0.15, -0.1) is 0 Å². The van der Waals surface area contributed by atoms with Gasteiger partial charge in [-0.2, -0.15) is 0 Å². The lowest BCUT2D eigenvalue weighted by atomic mass is 10.1. The third-order valence-electron chi connectivity index (χ3n) is 3.45. The molecule has 0 aliphatic rings. The number of hydroxylamine groups is 2. The summed E-state index contributed by atoms with van der Waals surface area (Å²) in [4.78, 5) is 16.7. The normalized spacial score (nSPS) is 10.2. The van der Waals surface area contributed by atoms with E-state index in [1.807, 2.05) is 48.5 Å². The number of hydrogen-bond donors (Lipinski definition) is 0. The Hall–Kier alpha value is -2.53. The van der Waals surface area contributed by atoms with Crippen LogP contribution < -0.4 is 9.47 Å². The van der Waals surface area contributed by atoms with Crippen molar-refractivity contribution < 1.29 is 19.1 Å². The lowest BCUT2D eigenvalue weighted by Gasteiger charge is -2.15. The second-order valence-electron chi connectivity index (χ2n) is 5.01. The van der Waals surface area contributed by atoms with Crippen molar-refractivity contribution in [3.05, 3.63) is 59.7 Å². The largest absolute Gasteiger partial charge is 0.493 e. The number of ether oxygens (including phenoxy) is 2. The molecule has 0 aliphatic carbocycles. The number of benzene rings is 2. The second-order valence-corrected chi connectivity index (χ2v) is 5.01. The lowest BCUT2D eigenvalue weighted by molar-refractivity contribution is -0.167. The summed E-state index contributed by atoms with van der Waals surface area (Å²) in [6, 6.07) is 15.4. The van der Waals surface area contributed by atoms with Gasteiger partial charge in [0.1, 0.15) is 6.61 Å². The van der Waals surface area contributed by atoms with Crippen molar-refractivity contribution in [2.45, 2.75) is 13.0 Å². The summed E-state index contributed by atoms with van der Waals surface area (Å²) in [6.45, 7) is 0.460. The van der Waals surface area contributed by atoms with E-state index in [-0.39, 0.29) is 12.3 Å². The number of likely N-dealkylation sites (N-methyl/N-ethyl adjacent to an activating group) is 1. The maximum atomic E-state index is 11.9. The third-order valence-corrected chi connectivity index (χ3v) is 3.45. The van der Waals surface area contributed by atoms with E-state index in [0.717, 1.165) is 11.1 Å². The number of hydrogen-bond acceptors (Lipinski definition) is 4. The minimum Gasteiger partial charge on any atom is -0.493 e. The van der Waals surface area contributed by atoms with E-state index in [4.69, 9.17) is 14.3 Å². The first kappa shape index (κ1) is 16.8. The molecule has 0 saturated carbocycles. The molecule has 122 valence electrons. The molecule has 0 fully saturated rings. The fourth-order valence-electron chi connectivity index (χ4n) is 2.06. The number of amides is 1. The number of methoxy groups -OCH3 is 1. The van der Waals surface area contributed by atoms with E-state index in [1.54, 1.807) is 14.2 Å². The zero-order chi connectivity index (χ0) is 16.7. The van der Waals surface area contributed by atoms with E-state index < -0.39 is 0 Å². The molecule has 23 heavy (non-hydrogen) atoms. The van der Waals surface area contributed by atoms with E-state index in [9.17, 15) is 4.79 Å². The minimum absolute atomic E-state index is 0.132. The Labute approximate surface area is 136 Å². The molecular weight excluding hydrogens is 294 g/mol. The molecule has 5 heteroatoms. The molecular formula is C18H21NO4. The predicted octanol–water partition coefficient (Wildman–Crippen LogP) is 2.84. The zero-order valence-electron chi connectivity index (χ0n) is 13.6. The Morgan fingerprint density at radius 1 is 1.00 bits per heavy atom. The molecule has 0 N–H and O–H groups in total. The molecule has 0 heterocycles. The summed E-state index contributed by atoms with van der Waals surface area (Å²) in [5.41, 5.74) is 1.92. The van der Waals surface area contributed by atoms with Gasteiger partial charge in [-0.25, -0.2) is 5.06 Å². The topological polar surface area (TPSA) is 48.0 Å². The Kier molecular flexibility index (Phi) is 6.00. The maximum Gasteiger partial charge on any atom is 0.250 e. The van der Waals surface area contributed by atoms with Gasteiger partial charge in [0, 0.05) is 7.05 Å². The molecule has 0 bridgehead atoms. The standard InChI is InChI=1S/C18H21NO4/c1-19(22-3)18(20)12-15-9-10-16(17(11-15)21-2)23-13-14-7-5-4-6-8-14/h4-11H,12-13H2,1-3H3. The van der Waals surface area contributed by atoms with Crippen LogP contribution in [-0.4, -0.2) is 32.2 Å². The molecule has 2 rings (SSSR count). The van der Waals surface area contributed by atoms with Crippen LogP contribution in [0.5, 0.6) is 11.5 Å². The van der Waals surface area contributed by atoms with Gasteiger partial charge in [0.25, 0.3) is 0 Å². The SMILES string of the molecule is COc1cc(CC(=O)N(C)OC)ccc1OCc1ccccc1. The van der Waals surface area contributed by atoms with Crippen molar-refractivity contribution in [1.29, 1.82) is 0 Å². The summed E-state index contributed by atoms with van der Waals surface area (Å²) in [5, 5.41) is 1.20. The van der Waals surface area contributed by atoms with E-state index in [1.165, 1.54) is 12.2 Å². The smallest absolute Gasteiger partial charge is 0.250 e. The molecule has 2 aromatic carbocycles. The molecule has 0 aromatic heterocycles. The quantitative estimate of drug-likeness (QED) is 0.737. The Morgan fingerprint density at radius 2 is 1.74 bits per heavy atom. The van der Waals surface area contributed by atoms with Gasteiger partial charge >= 0.3 is 0 Å². The second kappa shape index (κ2) is 8.19. The van der Waals surface area contributed by atoms with Gasteiger partial charge in [0.2, 0.25) is 5.91 Å². The van der Waals surface area contributed by atoms with Crippen LogP contribution in [0.1, 0.15) is 11.1 Å². The summed E-state index contributed by atoms with van der Waals surface area (Å²) < 4.78 is 11.2. The molecule has 0 radical (unpaired) electrons. The number of rotatable bonds is 7. The Bertz CT molecular complexity index is 643. The van der Waals surface area contributed by atoms with E-state index in [0.29, 0.717) is 18.1 Å². The first-order valence-corrected chi connectivity index (χ1v) is 7.28. The van der Waals surface area contributed by atoms with E-state index >= 15 is 0 Å². The fraction of sp³-hybridized carbons (Fsp3) is 0.278. The zero-order valence-corrected chi connectivity index (χ0v) is 13.6. The highest BCUT2D eigenvalue weighted by Gasteiger charge is 2.12. The van der Waals surface area contributed by atoms with Crippen molar-refractivity contribution in [3.8, 4) is 11.5 Å². The van der Waals surface area contributed by atoms with Gasteiger partial charge in [-0.1, -0.05) is 36.4 Å². The van der Waals surface area contributed by atoms with Crippen LogP contribution in [0.4, 0.5) is 0 Å². The molecule has 0 aliphatic heterocycles. The number of carbonyl (C=O) groups excluding carboxylic acids is 1. The summed E-state index contributed by atoms with van der Waals surface area (Å²) in [7, 11) is 4.62. The highest BCUT2D eigenvalue weighted by atomic mass is 16.7. The monoisotopic (exact) mass is 315 g/mol. The average Bonchev–Trinajstić information content (AvgIpc) is 2.60. The van der Waals surface area contributed by atoms with E-state index in [2.05, 4.69) is 0 Å². The van der Waals surface area contributed by atoms with Crippen molar-refractivity contribution in [3.63, 3.8) is 0 Å². The molecule has 0 unspecified atom stereocenters. The third kappa shape index (κ3) is 4.72.